The zero-order chi connectivity index (χ0) is 17.2. The minimum atomic E-state index is -0.210. The molecule has 3 nitrogen and oxygen atoms in total. The Hall–Kier alpha value is -3.06. The van der Waals surface area contributed by atoms with Crippen molar-refractivity contribution >= 4 is 16.8 Å². The van der Waals surface area contributed by atoms with Crippen LogP contribution in [0.5, 0.6) is 0 Å². The van der Waals surface area contributed by atoms with Crippen LogP contribution in [0, 0.1) is 18.2 Å². The molecule has 0 radical (unpaired) electrons. The molecule has 3 aromatic rings. The van der Waals surface area contributed by atoms with Crippen LogP contribution in [-0.4, -0.2) is 18.9 Å². The first-order valence-electron chi connectivity index (χ1n) is 8.29. The fraction of sp³-hybridized carbons (Fsp3) is 0.190. The van der Waals surface area contributed by atoms with Crippen LogP contribution in [0.15, 0.2) is 52.1 Å². The van der Waals surface area contributed by atoms with E-state index >= 15 is 0 Å². The molecule has 1 N–H and O–H groups in total. The van der Waals surface area contributed by atoms with Crippen molar-refractivity contribution in [1.82, 2.24) is 5.32 Å². The SMILES string of the molecule is C#Cc1cc(CCc2c(F)cccc2C2=NCCN2)c2occc2c1. The second kappa shape index (κ2) is 6.45. The van der Waals surface area contributed by atoms with Crippen molar-refractivity contribution in [2.24, 2.45) is 4.99 Å². The number of benzene rings is 2. The van der Waals surface area contributed by atoms with Crippen LogP contribution in [0.4, 0.5) is 4.39 Å². The molecule has 0 atom stereocenters. The number of nitrogens with zero attached hydrogens (tertiary/aromatic N) is 1. The average Bonchev–Trinajstić information content (AvgIpc) is 3.31. The van der Waals surface area contributed by atoms with Gasteiger partial charge in [0.05, 0.1) is 12.8 Å². The van der Waals surface area contributed by atoms with E-state index in [1.807, 2.05) is 24.3 Å². The summed E-state index contributed by atoms with van der Waals surface area (Å²) in [6.07, 6.45) is 8.39. The quantitative estimate of drug-likeness (QED) is 0.740. The molecule has 0 amide bonds. The summed E-state index contributed by atoms with van der Waals surface area (Å²) < 4.78 is 20.1. The molecule has 4 heteroatoms. The summed E-state index contributed by atoms with van der Waals surface area (Å²) in [6, 6.07) is 10.9. The number of aliphatic imine (C=N–C) groups is 1. The third kappa shape index (κ3) is 2.89. The van der Waals surface area contributed by atoms with Crippen LogP contribution in [0.1, 0.15) is 22.3 Å². The van der Waals surface area contributed by atoms with Gasteiger partial charge in [0.2, 0.25) is 0 Å². The van der Waals surface area contributed by atoms with E-state index in [1.54, 1.807) is 12.3 Å². The number of rotatable bonds is 4. The molecule has 0 bridgehead atoms. The van der Waals surface area contributed by atoms with Crippen molar-refractivity contribution in [2.75, 3.05) is 13.1 Å². The second-order valence-corrected chi connectivity index (χ2v) is 6.04. The third-order valence-electron chi connectivity index (χ3n) is 4.49. The summed E-state index contributed by atoms with van der Waals surface area (Å²) >= 11 is 0. The van der Waals surface area contributed by atoms with Gasteiger partial charge in [-0.15, -0.1) is 6.42 Å². The molecule has 1 aliphatic heterocycles. The molecule has 0 saturated heterocycles. The highest BCUT2D eigenvalue weighted by Crippen LogP contribution is 2.25. The molecule has 0 saturated carbocycles. The lowest BCUT2D eigenvalue weighted by atomic mass is 9.96. The van der Waals surface area contributed by atoms with Crippen LogP contribution in [0.25, 0.3) is 11.0 Å². The van der Waals surface area contributed by atoms with Gasteiger partial charge in [-0.2, -0.15) is 0 Å². The van der Waals surface area contributed by atoms with Gasteiger partial charge >= 0.3 is 0 Å². The van der Waals surface area contributed by atoms with Crippen LogP contribution < -0.4 is 5.32 Å². The number of nitrogens with one attached hydrogen (secondary N) is 1. The third-order valence-corrected chi connectivity index (χ3v) is 4.49. The number of furan rings is 1. The topological polar surface area (TPSA) is 37.5 Å². The first-order chi connectivity index (χ1) is 12.3. The number of halogens is 1. The minimum Gasteiger partial charge on any atom is -0.464 e. The molecule has 0 fully saturated rings. The molecule has 25 heavy (non-hydrogen) atoms. The maximum Gasteiger partial charge on any atom is 0.137 e. The van der Waals surface area contributed by atoms with Gasteiger partial charge in [-0.1, -0.05) is 18.1 Å². The normalized spacial score (nSPS) is 13.5. The maximum atomic E-state index is 14.5. The Kier molecular flexibility index (Phi) is 3.99. The molecular weight excluding hydrogens is 315 g/mol. The lowest BCUT2D eigenvalue weighted by Crippen LogP contribution is -2.21. The highest BCUT2D eigenvalue weighted by Gasteiger charge is 2.16. The highest BCUT2D eigenvalue weighted by atomic mass is 19.1. The smallest absolute Gasteiger partial charge is 0.137 e. The number of hydrogen-bond donors (Lipinski definition) is 1. The van der Waals surface area contributed by atoms with Crippen molar-refractivity contribution in [2.45, 2.75) is 12.8 Å². The number of terminal acetylenes is 1. The number of hydrogen-bond acceptors (Lipinski definition) is 3. The first kappa shape index (κ1) is 15.5. The molecular formula is C21H17FN2O. The summed E-state index contributed by atoms with van der Waals surface area (Å²) in [5.41, 5.74) is 4.11. The van der Waals surface area contributed by atoms with Crippen molar-refractivity contribution < 1.29 is 8.81 Å². The van der Waals surface area contributed by atoms with E-state index in [1.165, 1.54) is 6.07 Å². The van der Waals surface area contributed by atoms with E-state index in [9.17, 15) is 4.39 Å². The van der Waals surface area contributed by atoms with Gasteiger partial charge in [0, 0.05) is 23.1 Å². The minimum absolute atomic E-state index is 0.210. The summed E-state index contributed by atoms with van der Waals surface area (Å²) in [7, 11) is 0. The molecule has 2 aromatic carbocycles. The Labute approximate surface area is 145 Å². The zero-order valence-corrected chi connectivity index (χ0v) is 13.7. The highest BCUT2D eigenvalue weighted by molar-refractivity contribution is 6.01. The molecule has 0 unspecified atom stereocenters. The van der Waals surface area contributed by atoms with E-state index in [0.717, 1.165) is 46.6 Å². The van der Waals surface area contributed by atoms with Crippen molar-refractivity contribution in [3.05, 3.63) is 70.7 Å². The van der Waals surface area contributed by atoms with Gasteiger partial charge < -0.3 is 9.73 Å². The van der Waals surface area contributed by atoms with Crippen molar-refractivity contribution in [1.29, 1.82) is 0 Å². The summed E-state index contributed by atoms with van der Waals surface area (Å²) in [4.78, 5) is 4.43. The fourth-order valence-electron chi connectivity index (χ4n) is 3.30. The van der Waals surface area contributed by atoms with Crippen LogP contribution in [0.2, 0.25) is 0 Å². The summed E-state index contributed by atoms with van der Waals surface area (Å²) in [6.45, 7) is 1.52. The van der Waals surface area contributed by atoms with Gasteiger partial charge in [-0.3, -0.25) is 4.99 Å². The van der Waals surface area contributed by atoms with Crippen LogP contribution >= 0.6 is 0 Å². The Bertz CT molecular complexity index is 1010. The Morgan fingerprint density at radius 3 is 2.96 bits per heavy atom. The van der Waals surface area contributed by atoms with Gasteiger partial charge in [0.15, 0.2) is 0 Å². The fourth-order valence-corrected chi connectivity index (χ4v) is 3.30. The van der Waals surface area contributed by atoms with Crippen molar-refractivity contribution in [3.8, 4) is 12.3 Å². The van der Waals surface area contributed by atoms with E-state index in [-0.39, 0.29) is 5.82 Å². The molecule has 0 spiro atoms. The van der Waals surface area contributed by atoms with Gasteiger partial charge in [-0.25, -0.2) is 4.39 Å². The van der Waals surface area contributed by atoms with Gasteiger partial charge in [-0.05, 0) is 48.2 Å². The monoisotopic (exact) mass is 332 g/mol. The van der Waals surface area contributed by atoms with E-state index in [4.69, 9.17) is 10.8 Å². The molecule has 124 valence electrons. The molecule has 1 aromatic heterocycles. The molecule has 4 rings (SSSR count). The standard InChI is InChI=1S/C21H17FN2O/c1-2-14-12-15(20-16(13-14)8-11-25-20)6-7-17-18(4-3-5-19(17)22)21-23-9-10-24-21/h1,3-5,8,11-13H,6-7,9-10H2,(H,23,24). The molecule has 0 aliphatic carbocycles. The van der Waals surface area contributed by atoms with Crippen LogP contribution in [0.3, 0.4) is 0 Å². The maximum absolute atomic E-state index is 14.5. The Morgan fingerprint density at radius 1 is 1.24 bits per heavy atom. The van der Waals surface area contributed by atoms with E-state index in [2.05, 4.69) is 16.2 Å². The Morgan fingerprint density at radius 2 is 2.16 bits per heavy atom. The number of fused-ring (bicyclic) bond motifs is 1. The average molecular weight is 332 g/mol. The van der Waals surface area contributed by atoms with E-state index in [0.29, 0.717) is 18.4 Å². The number of aryl methyl sites for hydroxylation is 1. The molecule has 2 heterocycles. The van der Waals surface area contributed by atoms with Gasteiger partial charge in [0.1, 0.15) is 17.2 Å². The predicted octanol–water partition coefficient (Wildman–Crippen LogP) is 3.69. The van der Waals surface area contributed by atoms with E-state index < -0.39 is 0 Å². The Balaban J connectivity index is 1.69. The molecule has 1 aliphatic rings. The second-order valence-electron chi connectivity index (χ2n) is 6.04. The summed E-state index contributed by atoms with van der Waals surface area (Å²) in [5, 5.41) is 4.19. The van der Waals surface area contributed by atoms with Crippen molar-refractivity contribution in [3.63, 3.8) is 0 Å². The lowest BCUT2D eigenvalue weighted by molar-refractivity contribution is 0.601. The zero-order valence-electron chi connectivity index (χ0n) is 13.7. The van der Waals surface area contributed by atoms with Crippen LogP contribution in [-0.2, 0) is 12.8 Å². The van der Waals surface area contributed by atoms with Gasteiger partial charge in [0.25, 0.3) is 0 Å². The number of amidine groups is 1. The largest absolute Gasteiger partial charge is 0.464 e. The first-order valence-corrected chi connectivity index (χ1v) is 8.29. The lowest BCUT2D eigenvalue weighted by Gasteiger charge is -2.12. The summed E-state index contributed by atoms with van der Waals surface area (Å²) in [5.74, 6) is 3.23. The predicted molar refractivity (Wildman–Crippen MR) is 97.4 cm³/mol.